The van der Waals surface area contributed by atoms with Crippen molar-refractivity contribution in [2.75, 3.05) is 13.7 Å². The molecule has 7 heteroatoms. The van der Waals surface area contributed by atoms with E-state index in [1.807, 2.05) is 36.4 Å². The number of methoxy groups -OCH3 is 1. The van der Waals surface area contributed by atoms with Gasteiger partial charge in [-0.15, -0.1) is 0 Å². The maximum atomic E-state index is 12.1. The lowest BCUT2D eigenvalue weighted by Crippen LogP contribution is -2.45. The maximum Gasteiger partial charge on any atom is 0.408 e. The molecular formula is C19H24N2O5. The van der Waals surface area contributed by atoms with Crippen LogP contribution in [-0.2, 0) is 19.1 Å². The Morgan fingerprint density at radius 1 is 1.15 bits per heavy atom. The van der Waals surface area contributed by atoms with Gasteiger partial charge in [-0.1, -0.05) is 36.4 Å². The van der Waals surface area contributed by atoms with Gasteiger partial charge in [-0.05, 0) is 38.0 Å². The number of esters is 1. The van der Waals surface area contributed by atoms with Crippen LogP contribution in [0.2, 0.25) is 0 Å². The molecule has 26 heavy (non-hydrogen) atoms. The highest BCUT2D eigenvalue weighted by Crippen LogP contribution is 2.03. The fourth-order valence-corrected chi connectivity index (χ4v) is 1.87. The zero-order chi connectivity index (χ0) is 19.5. The van der Waals surface area contributed by atoms with Crippen LogP contribution in [0.15, 0.2) is 47.7 Å². The third-order valence-corrected chi connectivity index (χ3v) is 3.29. The van der Waals surface area contributed by atoms with Crippen molar-refractivity contribution in [3.8, 4) is 0 Å². The first kappa shape index (κ1) is 21.0. The zero-order valence-electron chi connectivity index (χ0n) is 15.4. The highest BCUT2D eigenvalue weighted by atomic mass is 16.5. The SMILES string of the molecule is COC(=O)C(NC(=O)[C@H](C)NC(=O)OC/C=C/c1ccccc1)=C(C)C. The van der Waals surface area contributed by atoms with Gasteiger partial charge in [-0.25, -0.2) is 9.59 Å². The second-order valence-corrected chi connectivity index (χ2v) is 5.63. The van der Waals surface area contributed by atoms with Crippen LogP contribution in [0.4, 0.5) is 4.79 Å². The average Bonchev–Trinajstić information content (AvgIpc) is 2.62. The Kier molecular flexibility index (Phi) is 8.63. The maximum absolute atomic E-state index is 12.1. The minimum Gasteiger partial charge on any atom is -0.464 e. The van der Waals surface area contributed by atoms with Crippen LogP contribution in [0.1, 0.15) is 26.3 Å². The van der Waals surface area contributed by atoms with Crippen molar-refractivity contribution in [1.82, 2.24) is 10.6 Å². The second-order valence-electron chi connectivity index (χ2n) is 5.63. The zero-order valence-corrected chi connectivity index (χ0v) is 15.4. The summed E-state index contributed by atoms with van der Waals surface area (Å²) < 4.78 is 9.59. The van der Waals surface area contributed by atoms with Gasteiger partial charge < -0.3 is 20.1 Å². The van der Waals surface area contributed by atoms with E-state index >= 15 is 0 Å². The summed E-state index contributed by atoms with van der Waals surface area (Å²) in [6, 6.07) is 8.68. The van der Waals surface area contributed by atoms with Crippen LogP contribution in [-0.4, -0.2) is 37.7 Å². The Morgan fingerprint density at radius 2 is 1.81 bits per heavy atom. The summed E-state index contributed by atoms with van der Waals surface area (Å²) in [5, 5.41) is 4.84. The molecule has 0 aromatic heterocycles. The molecule has 0 aliphatic rings. The minimum absolute atomic E-state index is 0.0466. The first-order valence-corrected chi connectivity index (χ1v) is 8.06. The molecule has 0 radical (unpaired) electrons. The highest BCUT2D eigenvalue weighted by Gasteiger charge is 2.21. The molecule has 0 aliphatic heterocycles. The molecule has 1 rings (SSSR count). The first-order chi connectivity index (χ1) is 12.3. The van der Waals surface area contributed by atoms with Crippen LogP contribution >= 0.6 is 0 Å². The number of carbonyl (C=O) groups is 3. The summed E-state index contributed by atoms with van der Waals surface area (Å²) in [6.45, 7) is 4.88. The molecule has 0 saturated heterocycles. The molecule has 0 fully saturated rings. The normalized spacial score (nSPS) is 11.4. The van der Waals surface area contributed by atoms with Crippen LogP contribution in [0.25, 0.3) is 6.08 Å². The van der Waals surface area contributed by atoms with Gasteiger partial charge in [0.15, 0.2) is 0 Å². The van der Waals surface area contributed by atoms with Crippen molar-refractivity contribution in [2.24, 2.45) is 0 Å². The lowest BCUT2D eigenvalue weighted by molar-refractivity contribution is -0.138. The van der Waals surface area contributed by atoms with Crippen molar-refractivity contribution in [3.63, 3.8) is 0 Å². The second kappa shape index (κ2) is 10.7. The van der Waals surface area contributed by atoms with E-state index in [0.717, 1.165) is 5.56 Å². The van der Waals surface area contributed by atoms with E-state index in [9.17, 15) is 14.4 Å². The summed E-state index contributed by atoms with van der Waals surface area (Å²) in [5.41, 5.74) is 1.62. The number of benzene rings is 1. The van der Waals surface area contributed by atoms with Crippen LogP contribution < -0.4 is 10.6 Å². The first-order valence-electron chi connectivity index (χ1n) is 8.06. The van der Waals surface area contributed by atoms with Crippen molar-refractivity contribution in [2.45, 2.75) is 26.8 Å². The number of hydrogen-bond donors (Lipinski definition) is 2. The molecule has 140 valence electrons. The number of amides is 2. The van der Waals surface area contributed by atoms with E-state index in [0.29, 0.717) is 5.57 Å². The van der Waals surface area contributed by atoms with E-state index < -0.39 is 24.0 Å². The van der Waals surface area contributed by atoms with E-state index in [2.05, 4.69) is 15.4 Å². The van der Waals surface area contributed by atoms with Gasteiger partial charge in [0.05, 0.1) is 7.11 Å². The van der Waals surface area contributed by atoms with Crippen LogP contribution in [0, 0.1) is 0 Å². The number of alkyl carbamates (subject to hydrolysis) is 1. The predicted molar refractivity (Wildman–Crippen MR) is 98.0 cm³/mol. The van der Waals surface area contributed by atoms with E-state index in [1.54, 1.807) is 19.9 Å². The summed E-state index contributed by atoms with van der Waals surface area (Å²) in [5.74, 6) is -1.21. The lowest BCUT2D eigenvalue weighted by atomic mass is 10.2. The summed E-state index contributed by atoms with van der Waals surface area (Å²) >= 11 is 0. The number of nitrogens with one attached hydrogen (secondary N) is 2. The molecule has 7 nitrogen and oxygen atoms in total. The monoisotopic (exact) mass is 360 g/mol. The fraction of sp³-hybridized carbons (Fsp3) is 0.316. The van der Waals surface area contributed by atoms with Crippen molar-refractivity contribution < 1.29 is 23.9 Å². The molecular weight excluding hydrogens is 336 g/mol. The molecule has 0 spiro atoms. The number of hydrogen-bond acceptors (Lipinski definition) is 5. The smallest absolute Gasteiger partial charge is 0.408 e. The van der Waals surface area contributed by atoms with E-state index in [1.165, 1.54) is 14.0 Å². The molecule has 2 amide bonds. The Hall–Kier alpha value is -3.09. The predicted octanol–water partition coefficient (Wildman–Crippen LogP) is 2.40. The molecule has 1 atom stereocenters. The summed E-state index contributed by atoms with van der Waals surface area (Å²) in [7, 11) is 1.22. The molecule has 0 aliphatic carbocycles. The van der Waals surface area contributed by atoms with Crippen LogP contribution in [0.3, 0.4) is 0 Å². The molecule has 2 N–H and O–H groups in total. The molecule has 0 heterocycles. The Labute approximate surface area is 153 Å². The molecule has 1 aromatic carbocycles. The average molecular weight is 360 g/mol. The van der Waals surface area contributed by atoms with Gasteiger partial charge in [-0.3, -0.25) is 4.79 Å². The van der Waals surface area contributed by atoms with Gasteiger partial charge in [0, 0.05) is 0 Å². The molecule has 1 aromatic rings. The number of allylic oxidation sites excluding steroid dienone is 1. The standard InChI is InChI=1S/C19H24N2O5/c1-13(2)16(18(23)25-4)21-17(22)14(3)20-19(24)26-12-8-11-15-9-6-5-7-10-15/h5-11,14H,12H2,1-4H3,(H,20,24)(H,21,22)/b11-8+/t14-/m0/s1. The number of ether oxygens (including phenoxy) is 2. The molecule has 0 saturated carbocycles. The van der Waals surface area contributed by atoms with Gasteiger partial charge >= 0.3 is 12.1 Å². The van der Waals surface area contributed by atoms with Gasteiger partial charge in [0.2, 0.25) is 5.91 Å². The van der Waals surface area contributed by atoms with Gasteiger partial charge in [0.1, 0.15) is 18.3 Å². The molecule has 0 unspecified atom stereocenters. The Bertz CT molecular complexity index is 691. The van der Waals surface area contributed by atoms with Crippen molar-refractivity contribution in [1.29, 1.82) is 0 Å². The number of carbonyl (C=O) groups excluding carboxylic acids is 3. The fourth-order valence-electron chi connectivity index (χ4n) is 1.87. The van der Waals surface area contributed by atoms with Crippen LogP contribution in [0.5, 0.6) is 0 Å². The largest absolute Gasteiger partial charge is 0.464 e. The lowest BCUT2D eigenvalue weighted by Gasteiger charge is -2.15. The van der Waals surface area contributed by atoms with Crippen molar-refractivity contribution in [3.05, 3.63) is 53.2 Å². The summed E-state index contributed by atoms with van der Waals surface area (Å²) in [4.78, 5) is 35.4. The van der Waals surface area contributed by atoms with Crippen molar-refractivity contribution >= 4 is 24.0 Å². The van der Waals surface area contributed by atoms with Gasteiger partial charge in [-0.2, -0.15) is 0 Å². The minimum atomic E-state index is -0.889. The third-order valence-electron chi connectivity index (χ3n) is 3.29. The van der Waals surface area contributed by atoms with E-state index in [-0.39, 0.29) is 12.3 Å². The van der Waals surface area contributed by atoms with Gasteiger partial charge in [0.25, 0.3) is 0 Å². The third kappa shape index (κ3) is 7.21. The highest BCUT2D eigenvalue weighted by molar-refractivity contribution is 5.96. The Balaban J connectivity index is 2.45. The quantitative estimate of drug-likeness (QED) is 0.575. The number of rotatable bonds is 7. The van der Waals surface area contributed by atoms with E-state index in [4.69, 9.17) is 4.74 Å². The molecule has 0 bridgehead atoms. The topological polar surface area (TPSA) is 93.7 Å². The Morgan fingerprint density at radius 3 is 2.38 bits per heavy atom. The summed E-state index contributed by atoms with van der Waals surface area (Å²) in [6.07, 6.45) is 2.78.